The molecular weight excluding hydrogens is 301 g/mol. The SMILES string of the molecule is CS(=O)(=O)c1c(F)cc(CCON)cc1Br. The molecule has 0 aliphatic carbocycles. The molecule has 0 radical (unpaired) electrons. The van der Waals surface area contributed by atoms with E-state index in [0.717, 1.165) is 6.26 Å². The summed E-state index contributed by atoms with van der Waals surface area (Å²) in [6, 6.07) is 2.71. The van der Waals surface area contributed by atoms with E-state index in [0.29, 0.717) is 12.0 Å². The lowest BCUT2D eigenvalue weighted by molar-refractivity contribution is 0.141. The van der Waals surface area contributed by atoms with Gasteiger partial charge in [0, 0.05) is 10.7 Å². The van der Waals surface area contributed by atoms with Crippen molar-refractivity contribution in [2.75, 3.05) is 12.9 Å². The van der Waals surface area contributed by atoms with E-state index in [1.165, 1.54) is 6.07 Å². The van der Waals surface area contributed by atoms with Gasteiger partial charge >= 0.3 is 0 Å². The van der Waals surface area contributed by atoms with Crippen LogP contribution in [0.25, 0.3) is 0 Å². The van der Waals surface area contributed by atoms with Crippen molar-refractivity contribution in [1.82, 2.24) is 0 Å². The first-order valence-corrected chi connectivity index (χ1v) is 7.04. The summed E-state index contributed by atoms with van der Waals surface area (Å²) in [6.45, 7) is 0.240. The molecule has 1 aromatic rings. The van der Waals surface area contributed by atoms with Gasteiger partial charge in [0.05, 0.1) is 6.61 Å². The van der Waals surface area contributed by atoms with Gasteiger partial charge in [-0.15, -0.1) is 0 Å². The number of sulfone groups is 1. The second-order valence-corrected chi connectivity index (χ2v) is 6.09. The molecule has 0 aliphatic rings. The van der Waals surface area contributed by atoms with Gasteiger partial charge in [0.1, 0.15) is 10.7 Å². The minimum absolute atomic E-state index is 0.210. The summed E-state index contributed by atoms with van der Waals surface area (Å²) in [6.07, 6.45) is 1.37. The number of halogens is 2. The van der Waals surface area contributed by atoms with Crippen molar-refractivity contribution >= 4 is 25.8 Å². The fourth-order valence-corrected chi connectivity index (χ4v) is 3.48. The highest BCUT2D eigenvalue weighted by molar-refractivity contribution is 9.10. The van der Waals surface area contributed by atoms with Crippen LogP contribution in [0.3, 0.4) is 0 Å². The lowest BCUT2D eigenvalue weighted by Gasteiger charge is -2.07. The zero-order valence-electron chi connectivity index (χ0n) is 8.54. The Morgan fingerprint density at radius 1 is 1.50 bits per heavy atom. The maximum Gasteiger partial charge on any atom is 0.179 e. The van der Waals surface area contributed by atoms with Gasteiger partial charge < -0.3 is 4.84 Å². The van der Waals surface area contributed by atoms with E-state index >= 15 is 0 Å². The Bertz CT molecular complexity index is 467. The van der Waals surface area contributed by atoms with Gasteiger partial charge in [-0.3, -0.25) is 0 Å². The molecule has 16 heavy (non-hydrogen) atoms. The highest BCUT2D eigenvalue weighted by Gasteiger charge is 2.18. The van der Waals surface area contributed by atoms with Gasteiger partial charge in [0.25, 0.3) is 0 Å². The fraction of sp³-hybridized carbons (Fsp3) is 0.333. The molecule has 0 fully saturated rings. The third kappa shape index (κ3) is 3.24. The molecule has 0 bridgehead atoms. The largest absolute Gasteiger partial charge is 0.304 e. The molecule has 0 heterocycles. The van der Waals surface area contributed by atoms with E-state index in [9.17, 15) is 12.8 Å². The van der Waals surface area contributed by atoms with Crippen LogP contribution in [0, 0.1) is 5.82 Å². The van der Waals surface area contributed by atoms with Crippen LogP contribution < -0.4 is 5.90 Å². The summed E-state index contributed by atoms with van der Waals surface area (Å²) in [4.78, 5) is 4.04. The summed E-state index contributed by atoms with van der Waals surface area (Å²) >= 11 is 3.03. The standard InChI is InChI=1S/C9H11BrFNO3S/c1-16(13,14)9-7(10)4-6(2-3-15-12)5-8(9)11/h4-5H,2-3,12H2,1H3. The van der Waals surface area contributed by atoms with Crippen LogP contribution in [0.2, 0.25) is 0 Å². The van der Waals surface area contributed by atoms with Gasteiger partial charge in [-0.25, -0.2) is 18.7 Å². The molecular formula is C9H11BrFNO3S. The van der Waals surface area contributed by atoms with E-state index in [4.69, 9.17) is 5.90 Å². The molecule has 0 saturated carbocycles. The number of hydrogen-bond donors (Lipinski definition) is 1. The van der Waals surface area contributed by atoms with Crippen LogP contribution in [0.1, 0.15) is 5.56 Å². The van der Waals surface area contributed by atoms with Crippen molar-refractivity contribution in [3.05, 3.63) is 28.0 Å². The first-order chi connectivity index (χ1) is 7.36. The Kier molecular flexibility index (Phi) is 4.43. The van der Waals surface area contributed by atoms with Crippen LogP contribution in [0.15, 0.2) is 21.5 Å². The molecule has 90 valence electrons. The van der Waals surface area contributed by atoms with Crippen molar-refractivity contribution in [3.8, 4) is 0 Å². The Balaban J connectivity index is 3.18. The zero-order chi connectivity index (χ0) is 12.3. The Hall–Kier alpha value is -0.500. The second kappa shape index (κ2) is 5.22. The molecule has 1 aromatic carbocycles. The van der Waals surface area contributed by atoms with Crippen LogP contribution in [-0.4, -0.2) is 21.3 Å². The summed E-state index contributed by atoms with van der Waals surface area (Å²) in [5.74, 6) is 4.08. The number of rotatable bonds is 4. The quantitative estimate of drug-likeness (QED) is 0.854. The molecule has 0 atom stereocenters. The van der Waals surface area contributed by atoms with E-state index < -0.39 is 15.7 Å². The van der Waals surface area contributed by atoms with E-state index in [-0.39, 0.29) is 16.0 Å². The van der Waals surface area contributed by atoms with Gasteiger partial charge in [-0.1, -0.05) is 0 Å². The van der Waals surface area contributed by atoms with Gasteiger partial charge in [0.2, 0.25) is 0 Å². The molecule has 2 N–H and O–H groups in total. The van der Waals surface area contributed by atoms with Gasteiger partial charge in [-0.2, -0.15) is 0 Å². The van der Waals surface area contributed by atoms with Gasteiger partial charge in [0.15, 0.2) is 9.84 Å². The van der Waals surface area contributed by atoms with E-state index in [1.807, 2.05) is 0 Å². The van der Waals surface area contributed by atoms with Crippen molar-refractivity contribution in [3.63, 3.8) is 0 Å². The summed E-state index contributed by atoms with van der Waals surface area (Å²) < 4.78 is 36.3. The number of hydrogen-bond acceptors (Lipinski definition) is 4. The molecule has 0 aromatic heterocycles. The summed E-state index contributed by atoms with van der Waals surface area (Å²) in [7, 11) is -3.58. The van der Waals surface area contributed by atoms with Crippen molar-refractivity contribution in [2.45, 2.75) is 11.3 Å². The first kappa shape index (κ1) is 13.6. The van der Waals surface area contributed by atoms with E-state index in [1.54, 1.807) is 6.07 Å². The van der Waals surface area contributed by atoms with Crippen LogP contribution in [0.5, 0.6) is 0 Å². The number of benzene rings is 1. The summed E-state index contributed by atoms with van der Waals surface area (Å²) in [5.41, 5.74) is 0.613. The lowest BCUT2D eigenvalue weighted by atomic mass is 10.1. The first-order valence-electron chi connectivity index (χ1n) is 4.36. The van der Waals surface area contributed by atoms with Crippen LogP contribution in [-0.2, 0) is 21.1 Å². The Morgan fingerprint density at radius 3 is 2.56 bits per heavy atom. The van der Waals surface area contributed by atoms with Crippen LogP contribution >= 0.6 is 15.9 Å². The fourth-order valence-electron chi connectivity index (χ4n) is 1.29. The molecule has 0 saturated heterocycles. The molecule has 0 unspecified atom stereocenters. The van der Waals surface area contributed by atoms with Crippen molar-refractivity contribution in [2.24, 2.45) is 5.90 Å². The maximum absolute atomic E-state index is 13.6. The molecule has 0 amide bonds. The third-order valence-corrected chi connectivity index (χ3v) is 3.98. The predicted octanol–water partition coefficient (Wildman–Crippen LogP) is 1.42. The molecule has 0 spiro atoms. The van der Waals surface area contributed by atoms with Crippen molar-refractivity contribution < 1.29 is 17.6 Å². The minimum atomic E-state index is -3.58. The smallest absolute Gasteiger partial charge is 0.179 e. The molecule has 7 heteroatoms. The lowest BCUT2D eigenvalue weighted by Crippen LogP contribution is -2.06. The maximum atomic E-state index is 13.6. The third-order valence-electron chi connectivity index (χ3n) is 1.94. The predicted molar refractivity (Wildman–Crippen MR) is 61.1 cm³/mol. The Morgan fingerprint density at radius 2 is 2.12 bits per heavy atom. The monoisotopic (exact) mass is 311 g/mol. The van der Waals surface area contributed by atoms with Crippen molar-refractivity contribution in [1.29, 1.82) is 0 Å². The van der Waals surface area contributed by atoms with Gasteiger partial charge in [-0.05, 0) is 40.0 Å². The second-order valence-electron chi connectivity index (χ2n) is 3.28. The average molecular weight is 312 g/mol. The molecule has 0 aliphatic heterocycles. The molecule has 4 nitrogen and oxygen atoms in total. The normalized spacial score (nSPS) is 11.8. The molecule has 1 rings (SSSR count). The summed E-state index contributed by atoms with van der Waals surface area (Å²) in [5, 5.41) is 0. The minimum Gasteiger partial charge on any atom is -0.304 e. The Labute approximate surface area is 102 Å². The van der Waals surface area contributed by atoms with Crippen LogP contribution in [0.4, 0.5) is 4.39 Å². The van der Waals surface area contributed by atoms with E-state index in [2.05, 4.69) is 20.8 Å². The topological polar surface area (TPSA) is 69.4 Å². The average Bonchev–Trinajstić information content (AvgIpc) is 2.11. The number of nitrogens with two attached hydrogens (primary N) is 1. The highest BCUT2D eigenvalue weighted by atomic mass is 79.9. The highest BCUT2D eigenvalue weighted by Crippen LogP contribution is 2.26. The zero-order valence-corrected chi connectivity index (χ0v) is 10.9.